The van der Waals surface area contributed by atoms with Gasteiger partial charge >= 0.3 is 0 Å². The molecule has 5 rings (SSSR count). The summed E-state index contributed by atoms with van der Waals surface area (Å²) in [6, 6.07) is 23.7. The predicted octanol–water partition coefficient (Wildman–Crippen LogP) is 4.73. The lowest BCUT2D eigenvalue weighted by atomic mass is 10.1. The van der Waals surface area contributed by atoms with Gasteiger partial charge in [0.05, 0.1) is 28.8 Å². The highest BCUT2D eigenvalue weighted by Gasteiger charge is 2.11. The normalized spacial score (nSPS) is 11.1. The summed E-state index contributed by atoms with van der Waals surface area (Å²) in [5, 5.41) is 12.3. The summed E-state index contributed by atoms with van der Waals surface area (Å²) in [6.45, 7) is 1.21. The van der Waals surface area contributed by atoms with Crippen molar-refractivity contribution in [3.8, 4) is 5.69 Å². The Morgan fingerprint density at radius 2 is 1.79 bits per heavy atom. The minimum absolute atomic E-state index is 0.0698. The van der Waals surface area contributed by atoms with Gasteiger partial charge < -0.3 is 9.88 Å². The summed E-state index contributed by atoms with van der Waals surface area (Å²) in [7, 11) is 0. The molecule has 0 bridgehead atoms. The molecule has 0 aliphatic carbocycles. The number of thioether (sulfide) groups is 1. The molecule has 3 aromatic carbocycles. The summed E-state index contributed by atoms with van der Waals surface area (Å²) >= 11 is 7.41. The number of halogens is 1. The average molecular weight is 489 g/mol. The number of imidazole rings is 1. The Morgan fingerprint density at radius 3 is 2.65 bits per heavy atom. The number of nitrogens with zero attached hydrogens (tertiary/aromatic N) is 5. The van der Waals surface area contributed by atoms with E-state index in [1.165, 1.54) is 17.3 Å². The highest BCUT2D eigenvalue weighted by molar-refractivity contribution is 7.99. The minimum Gasteiger partial charge on any atom is -0.351 e. The van der Waals surface area contributed by atoms with E-state index in [0.717, 1.165) is 28.8 Å². The van der Waals surface area contributed by atoms with Gasteiger partial charge in [-0.05, 0) is 41.5 Å². The maximum Gasteiger partial charge on any atom is 0.230 e. The first kappa shape index (κ1) is 22.2. The first-order valence-corrected chi connectivity index (χ1v) is 12.1. The van der Waals surface area contributed by atoms with Crippen molar-refractivity contribution in [2.75, 3.05) is 5.75 Å². The maximum atomic E-state index is 12.4. The van der Waals surface area contributed by atoms with Crippen LogP contribution in [0.1, 0.15) is 11.1 Å². The van der Waals surface area contributed by atoms with Crippen LogP contribution < -0.4 is 5.32 Å². The van der Waals surface area contributed by atoms with Crippen LogP contribution in [0.15, 0.2) is 90.6 Å². The number of aromatic nitrogens is 5. The molecular formula is C25H21ClN6OS. The Balaban J connectivity index is 1.13. The Kier molecular flexibility index (Phi) is 6.60. The number of fused-ring (bicyclic) bond motifs is 1. The van der Waals surface area contributed by atoms with Crippen LogP contribution in [0.4, 0.5) is 0 Å². The van der Waals surface area contributed by atoms with Gasteiger partial charge in [-0.1, -0.05) is 65.8 Å². The zero-order valence-electron chi connectivity index (χ0n) is 18.1. The van der Waals surface area contributed by atoms with Gasteiger partial charge in [-0.3, -0.25) is 9.36 Å². The molecule has 5 aromatic rings. The lowest BCUT2D eigenvalue weighted by molar-refractivity contribution is -0.118. The van der Waals surface area contributed by atoms with E-state index in [-0.39, 0.29) is 11.7 Å². The molecule has 0 spiro atoms. The maximum absolute atomic E-state index is 12.4. The molecule has 2 heterocycles. The zero-order valence-corrected chi connectivity index (χ0v) is 19.7. The van der Waals surface area contributed by atoms with Crippen LogP contribution in [0, 0.1) is 0 Å². The van der Waals surface area contributed by atoms with Gasteiger partial charge in [0.1, 0.15) is 6.33 Å². The zero-order chi connectivity index (χ0) is 23.3. The van der Waals surface area contributed by atoms with Gasteiger partial charge in [-0.15, -0.1) is 10.2 Å². The molecule has 0 atom stereocenters. The van der Waals surface area contributed by atoms with E-state index in [2.05, 4.69) is 43.3 Å². The van der Waals surface area contributed by atoms with E-state index in [0.29, 0.717) is 16.7 Å². The number of benzene rings is 3. The van der Waals surface area contributed by atoms with E-state index in [4.69, 9.17) is 11.6 Å². The standard InChI is InChI=1S/C25H21ClN6OS/c26-20-4-3-5-21(12-20)32-17-29-30-25(32)34-15-24(33)27-13-18-8-10-19(11-9-18)14-31-16-28-22-6-1-2-7-23(22)31/h1-12,16-17H,13-15H2,(H,27,33). The van der Waals surface area contributed by atoms with Crippen LogP contribution in [0.25, 0.3) is 16.7 Å². The molecule has 0 saturated carbocycles. The summed E-state index contributed by atoms with van der Waals surface area (Å²) in [6.07, 6.45) is 3.48. The molecule has 1 amide bonds. The Bertz CT molecular complexity index is 1430. The Hall–Kier alpha value is -3.62. The monoisotopic (exact) mass is 488 g/mol. The van der Waals surface area contributed by atoms with Crippen molar-refractivity contribution in [2.24, 2.45) is 0 Å². The summed E-state index contributed by atoms with van der Waals surface area (Å²) in [4.78, 5) is 16.8. The van der Waals surface area contributed by atoms with Crippen molar-refractivity contribution in [1.82, 2.24) is 29.6 Å². The SMILES string of the molecule is O=C(CSc1nncn1-c1cccc(Cl)c1)NCc1ccc(Cn2cnc3ccccc32)cc1. The highest BCUT2D eigenvalue weighted by atomic mass is 35.5. The van der Waals surface area contributed by atoms with Gasteiger partial charge in [-0.25, -0.2) is 4.98 Å². The molecule has 0 saturated heterocycles. The number of carbonyl (C=O) groups is 1. The molecule has 34 heavy (non-hydrogen) atoms. The number of rotatable bonds is 8. The van der Waals surface area contributed by atoms with E-state index >= 15 is 0 Å². The molecule has 1 N–H and O–H groups in total. The minimum atomic E-state index is -0.0698. The molecule has 0 aliphatic heterocycles. The summed E-state index contributed by atoms with van der Waals surface area (Å²) in [5.41, 5.74) is 5.17. The van der Waals surface area contributed by atoms with Crippen molar-refractivity contribution < 1.29 is 4.79 Å². The van der Waals surface area contributed by atoms with Crippen LogP contribution in [0.2, 0.25) is 5.02 Å². The molecule has 170 valence electrons. The quantitative estimate of drug-likeness (QED) is 0.319. The molecule has 0 fully saturated rings. The second-order valence-corrected chi connectivity index (χ2v) is 9.09. The number of amides is 1. The number of nitrogens with one attached hydrogen (secondary N) is 1. The number of para-hydroxylation sites is 2. The fourth-order valence-corrected chi connectivity index (χ4v) is 4.55. The van der Waals surface area contributed by atoms with Crippen molar-refractivity contribution >= 4 is 40.3 Å². The van der Waals surface area contributed by atoms with Crippen molar-refractivity contribution in [2.45, 2.75) is 18.2 Å². The third-order valence-corrected chi connectivity index (χ3v) is 6.51. The molecule has 0 radical (unpaired) electrons. The number of hydrogen-bond donors (Lipinski definition) is 1. The molecule has 9 heteroatoms. The van der Waals surface area contributed by atoms with Gasteiger partial charge in [0, 0.05) is 18.1 Å². The van der Waals surface area contributed by atoms with Crippen LogP contribution in [0.3, 0.4) is 0 Å². The third kappa shape index (κ3) is 5.13. The van der Waals surface area contributed by atoms with Crippen LogP contribution in [0.5, 0.6) is 0 Å². The first-order valence-electron chi connectivity index (χ1n) is 10.7. The van der Waals surface area contributed by atoms with Gasteiger partial charge in [0.25, 0.3) is 0 Å². The summed E-state index contributed by atoms with van der Waals surface area (Å²) < 4.78 is 3.94. The smallest absolute Gasteiger partial charge is 0.230 e. The van der Waals surface area contributed by atoms with Crippen molar-refractivity contribution in [3.63, 3.8) is 0 Å². The fourth-order valence-electron chi connectivity index (χ4n) is 3.60. The van der Waals surface area contributed by atoms with Gasteiger partial charge in [0.15, 0.2) is 5.16 Å². The predicted molar refractivity (Wildman–Crippen MR) is 134 cm³/mol. The third-order valence-electron chi connectivity index (χ3n) is 5.33. The van der Waals surface area contributed by atoms with Gasteiger partial charge in [0.2, 0.25) is 5.91 Å². The lowest BCUT2D eigenvalue weighted by Crippen LogP contribution is -2.24. The van der Waals surface area contributed by atoms with Crippen molar-refractivity contribution in [3.05, 3.63) is 102 Å². The van der Waals surface area contributed by atoms with Crippen LogP contribution in [-0.2, 0) is 17.9 Å². The molecule has 7 nitrogen and oxygen atoms in total. The summed E-state index contributed by atoms with van der Waals surface area (Å²) in [5.74, 6) is 0.171. The Morgan fingerprint density at radius 1 is 0.971 bits per heavy atom. The second kappa shape index (κ2) is 10.1. The van der Waals surface area contributed by atoms with Gasteiger partial charge in [-0.2, -0.15) is 0 Å². The van der Waals surface area contributed by atoms with E-state index < -0.39 is 0 Å². The first-order chi connectivity index (χ1) is 16.7. The lowest BCUT2D eigenvalue weighted by Gasteiger charge is -2.09. The largest absolute Gasteiger partial charge is 0.351 e. The molecular weight excluding hydrogens is 468 g/mol. The average Bonchev–Trinajstić information content (AvgIpc) is 3.50. The second-order valence-electron chi connectivity index (χ2n) is 7.71. The topological polar surface area (TPSA) is 77.6 Å². The number of hydrogen-bond acceptors (Lipinski definition) is 5. The van der Waals surface area contributed by atoms with E-state index in [9.17, 15) is 4.79 Å². The van der Waals surface area contributed by atoms with Crippen LogP contribution >= 0.6 is 23.4 Å². The fraction of sp³-hybridized carbons (Fsp3) is 0.120. The highest BCUT2D eigenvalue weighted by Crippen LogP contribution is 2.21. The number of carbonyl (C=O) groups excluding carboxylic acids is 1. The van der Waals surface area contributed by atoms with Crippen molar-refractivity contribution in [1.29, 1.82) is 0 Å². The molecule has 0 aliphatic rings. The molecule has 2 aromatic heterocycles. The van der Waals surface area contributed by atoms with E-state index in [1.54, 1.807) is 6.33 Å². The Labute approximate surface area is 205 Å². The van der Waals surface area contributed by atoms with Crippen LogP contribution in [-0.4, -0.2) is 36.0 Å². The molecule has 0 unspecified atom stereocenters. The van der Waals surface area contributed by atoms with E-state index in [1.807, 2.05) is 65.5 Å².